The zero-order chi connectivity index (χ0) is 10.0. The third kappa shape index (κ3) is 1.77. The van der Waals surface area contributed by atoms with Crippen LogP contribution in [-0.4, -0.2) is 18.2 Å². The van der Waals surface area contributed by atoms with Crippen molar-refractivity contribution in [3.8, 4) is 5.75 Å². The van der Waals surface area contributed by atoms with Gasteiger partial charge in [0.05, 0.1) is 7.11 Å². The summed E-state index contributed by atoms with van der Waals surface area (Å²) in [5.41, 5.74) is 0.355. The lowest BCUT2D eigenvalue weighted by Crippen LogP contribution is -2.03. The van der Waals surface area contributed by atoms with Crippen LogP contribution in [0.1, 0.15) is 15.9 Å². The fraction of sp³-hybridized carbons (Fsp3) is 0.222. The average Bonchev–Trinajstić information content (AvgIpc) is 2.01. The lowest BCUT2D eigenvalue weighted by molar-refractivity contribution is 0.0692. The highest BCUT2D eigenvalue weighted by molar-refractivity contribution is 5.92. The molecule has 0 heterocycles. The maximum absolute atomic E-state index is 12.8. The van der Waals surface area contributed by atoms with E-state index in [-0.39, 0.29) is 11.3 Å². The Morgan fingerprint density at radius 1 is 1.54 bits per heavy atom. The third-order valence-electron chi connectivity index (χ3n) is 1.70. The van der Waals surface area contributed by atoms with Crippen molar-refractivity contribution < 1.29 is 19.0 Å². The molecule has 1 aromatic rings. The molecule has 0 fully saturated rings. The van der Waals surface area contributed by atoms with Crippen molar-refractivity contribution in [2.45, 2.75) is 6.92 Å². The van der Waals surface area contributed by atoms with E-state index in [4.69, 9.17) is 9.84 Å². The van der Waals surface area contributed by atoms with Crippen molar-refractivity contribution in [3.63, 3.8) is 0 Å². The summed E-state index contributed by atoms with van der Waals surface area (Å²) in [5, 5.41) is 8.77. The van der Waals surface area contributed by atoms with E-state index in [1.54, 1.807) is 0 Å². The maximum atomic E-state index is 12.8. The Hall–Kier alpha value is -1.58. The van der Waals surface area contributed by atoms with Gasteiger partial charge < -0.3 is 9.84 Å². The van der Waals surface area contributed by atoms with Gasteiger partial charge in [0.1, 0.15) is 17.1 Å². The van der Waals surface area contributed by atoms with Crippen molar-refractivity contribution in [2.24, 2.45) is 0 Å². The lowest BCUT2D eigenvalue weighted by Gasteiger charge is -2.07. The predicted molar refractivity (Wildman–Crippen MR) is 44.6 cm³/mol. The predicted octanol–water partition coefficient (Wildman–Crippen LogP) is 1.84. The molecule has 0 bridgehead atoms. The number of benzene rings is 1. The molecule has 1 aromatic carbocycles. The molecule has 0 aliphatic carbocycles. The highest BCUT2D eigenvalue weighted by atomic mass is 19.1. The minimum Gasteiger partial charge on any atom is -0.496 e. The summed E-state index contributed by atoms with van der Waals surface area (Å²) in [6.45, 7) is 1.52. The smallest absolute Gasteiger partial charge is 0.339 e. The SMILES string of the molecule is COc1cc(F)cc(C)c1C(=O)O. The molecule has 1 rings (SSSR count). The highest BCUT2D eigenvalue weighted by Gasteiger charge is 2.15. The number of carboxylic acids is 1. The second kappa shape index (κ2) is 3.43. The Morgan fingerprint density at radius 2 is 2.15 bits per heavy atom. The molecule has 13 heavy (non-hydrogen) atoms. The fourth-order valence-corrected chi connectivity index (χ4v) is 1.15. The molecule has 0 saturated carbocycles. The summed E-state index contributed by atoms with van der Waals surface area (Å²) in [6, 6.07) is 2.21. The topological polar surface area (TPSA) is 46.5 Å². The van der Waals surface area contributed by atoms with Crippen molar-refractivity contribution in [3.05, 3.63) is 29.1 Å². The molecule has 0 spiro atoms. The molecule has 3 nitrogen and oxygen atoms in total. The Kier molecular flexibility index (Phi) is 2.51. The second-order valence-corrected chi connectivity index (χ2v) is 2.61. The van der Waals surface area contributed by atoms with Crippen LogP contribution < -0.4 is 4.74 Å². The molecule has 0 atom stereocenters. The summed E-state index contributed by atoms with van der Waals surface area (Å²) in [5.74, 6) is -1.57. The van der Waals surface area contributed by atoms with Gasteiger partial charge >= 0.3 is 5.97 Å². The van der Waals surface area contributed by atoms with Crippen LogP contribution in [0, 0.1) is 12.7 Å². The van der Waals surface area contributed by atoms with Crippen LogP contribution in [0.4, 0.5) is 4.39 Å². The molecular formula is C9H9FO3. The van der Waals surface area contributed by atoms with Gasteiger partial charge in [-0.05, 0) is 18.6 Å². The molecule has 0 aliphatic rings. The maximum Gasteiger partial charge on any atom is 0.339 e. The normalized spacial score (nSPS) is 9.77. The van der Waals surface area contributed by atoms with Gasteiger partial charge in [0.25, 0.3) is 0 Å². The van der Waals surface area contributed by atoms with E-state index in [0.29, 0.717) is 5.56 Å². The van der Waals surface area contributed by atoms with E-state index in [0.717, 1.165) is 12.1 Å². The Labute approximate surface area is 74.8 Å². The lowest BCUT2D eigenvalue weighted by atomic mass is 10.1. The summed E-state index contributed by atoms with van der Waals surface area (Å²) < 4.78 is 17.5. The van der Waals surface area contributed by atoms with Crippen LogP contribution >= 0.6 is 0 Å². The van der Waals surface area contributed by atoms with Crippen LogP contribution in [0.15, 0.2) is 12.1 Å². The van der Waals surface area contributed by atoms with Gasteiger partial charge in [-0.2, -0.15) is 0 Å². The van der Waals surface area contributed by atoms with Crippen molar-refractivity contribution in [1.29, 1.82) is 0 Å². The number of aryl methyl sites for hydroxylation is 1. The van der Waals surface area contributed by atoms with Crippen LogP contribution in [0.25, 0.3) is 0 Å². The highest BCUT2D eigenvalue weighted by Crippen LogP contribution is 2.23. The monoisotopic (exact) mass is 184 g/mol. The summed E-state index contributed by atoms with van der Waals surface area (Å²) in [4.78, 5) is 10.7. The number of aromatic carboxylic acids is 1. The second-order valence-electron chi connectivity index (χ2n) is 2.61. The number of ether oxygens (including phenoxy) is 1. The minimum atomic E-state index is -1.12. The molecule has 0 amide bonds. The zero-order valence-corrected chi connectivity index (χ0v) is 7.30. The van der Waals surface area contributed by atoms with Gasteiger partial charge in [-0.15, -0.1) is 0 Å². The summed E-state index contributed by atoms with van der Waals surface area (Å²) in [6.07, 6.45) is 0. The number of hydrogen-bond donors (Lipinski definition) is 1. The van der Waals surface area contributed by atoms with Gasteiger partial charge in [0, 0.05) is 6.07 Å². The quantitative estimate of drug-likeness (QED) is 0.762. The van der Waals surface area contributed by atoms with Gasteiger partial charge in [0.2, 0.25) is 0 Å². The van der Waals surface area contributed by atoms with E-state index in [1.807, 2.05) is 0 Å². The van der Waals surface area contributed by atoms with Gasteiger partial charge in [-0.3, -0.25) is 0 Å². The molecule has 0 aromatic heterocycles. The molecule has 4 heteroatoms. The van der Waals surface area contributed by atoms with Crippen LogP contribution in [-0.2, 0) is 0 Å². The molecule has 1 N–H and O–H groups in total. The summed E-state index contributed by atoms with van der Waals surface area (Å²) in [7, 11) is 1.31. The van der Waals surface area contributed by atoms with E-state index in [2.05, 4.69) is 0 Å². The van der Waals surface area contributed by atoms with Crippen LogP contribution in [0.5, 0.6) is 5.75 Å². The number of rotatable bonds is 2. The first-order valence-corrected chi connectivity index (χ1v) is 3.63. The Bertz CT molecular complexity index is 347. The number of carbonyl (C=O) groups is 1. The van der Waals surface area contributed by atoms with Crippen molar-refractivity contribution in [2.75, 3.05) is 7.11 Å². The molecule has 0 saturated heterocycles. The molecule has 0 unspecified atom stereocenters. The van der Waals surface area contributed by atoms with E-state index in [1.165, 1.54) is 14.0 Å². The average molecular weight is 184 g/mol. The van der Waals surface area contributed by atoms with Crippen molar-refractivity contribution in [1.82, 2.24) is 0 Å². The summed E-state index contributed by atoms with van der Waals surface area (Å²) >= 11 is 0. The fourth-order valence-electron chi connectivity index (χ4n) is 1.15. The number of carboxylic acid groups (broad SMARTS) is 1. The van der Waals surface area contributed by atoms with Gasteiger partial charge in [-0.25, -0.2) is 9.18 Å². The van der Waals surface area contributed by atoms with E-state index < -0.39 is 11.8 Å². The Balaban J connectivity index is 3.38. The molecule has 70 valence electrons. The largest absolute Gasteiger partial charge is 0.496 e. The van der Waals surface area contributed by atoms with Crippen LogP contribution in [0.3, 0.4) is 0 Å². The first kappa shape index (κ1) is 9.51. The van der Waals surface area contributed by atoms with E-state index >= 15 is 0 Å². The van der Waals surface area contributed by atoms with E-state index in [9.17, 15) is 9.18 Å². The number of methoxy groups -OCH3 is 1. The molecule has 0 radical (unpaired) electrons. The van der Waals surface area contributed by atoms with Crippen molar-refractivity contribution >= 4 is 5.97 Å². The first-order chi connectivity index (χ1) is 6.06. The van der Waals surface area contributed by atoms with Gasteiger partial charge in [-0.1, -0.05) is 0 Å². The minimum absolute atomic E-state index is 0.00361. The first-order valence-electron chi connectivity index (χ1n) is 3.63. The van der Waals surface area contributed by atoms with Crippen LogP contribution in [0.2, 0.25) is 0 Å². The third-order valence-corrected chi connectivity index (χ3v) is 1.70. The zero-order valence-electron chi connectivity index (χ0n) is 7.30. The molecular weight excluding hydrogens is 175 g/mol. The standard InChI is InChI=1S/C9H9FO3/c1-5-3-6(10)4-7(13-2)8(5)9(11)12/h3-4H,1-2H3,(H,11,12). The Morgan fingerprint density at radius 3 is 2.62 bits per heavy atom. The number of halogens is 1. The molecule has 0 aliphatic heterocycles. The van der Waals surface area contributed by atoms with Gasteiger partial charge in [0.15, 0.2) is 0 Å². The number of hydrogen-bond acceptors (Lipinski definition) is 2.